The number of nitrogens with one attached hydrogen (secondary N) is 1. The zero-order valence-corrected chi connectivity index (χ0v) is 9.83. The molecule has 1 rings (SSSR count). The molecule has 100 valence electrons. The van der Waals surface area contributed by atoms with Gasteiger partial charge in [-0.3, -0.25) is 13.9 Å². The molecule has 0 saturated heterocycles. The van der Waals surface area contributed by atoms with E-state index in [2.05, 4.69) is 10.5 Å². The first kappa shape index (κ1) is 15.8. The number of carbonyl (C=O) groups is 1. The summed E-state index contributed by atoms with van der Waals surface area (Å²) >= 11 is 0. The van der Waals surface area contributed by atoms with E-state index in [1.54, 1.807) is 24.3 Å². The Balaban J connectivity index is 0.000000494. The number of nitrogens with zero attached hydrogens (tertiary/aromatic N) is 1. The third-order valence-electron chi connectivity index (χ3n) is 1.32. The highest BCUT2D eigenvalue weighted by Crippen LogP contribution is 1.96. The average Bonchev–Trinajstić information content (AvgIpc) is 2.25. The Morgan fingerprint density at radius 1 is 1.17 bits per heavy atom. The van der Waals surface area contributed by atoms with Crippen molar-refractivity contribution in [2.75, 3.05) is 0 Å². The van der Waals surface area contributed by atoms with E-state index in [1.165, 1.54) is 0 Å². The minimum Gasteiger partial charge on any atom is -0.369 e. The lowest BCUT2D eigenvalue weighted by molar-refractivity contribution is 0.0954. The molecule has 0 aliphatic carbocycles. The van der Waals surface area contributed by atoms with Crippen LogP contribution in [-0.2, 0) is 10.4 Å². The van der Waals surface area contributed by atoms with Gasteiger partial charge in [-0.05, 0) is 12.1 Å². The van der Waals surface area contributed by atoms with Gasteiger partial charge in [0.25, 0.3) is 5.91 Å². The number of hydrogen-bond acceptors (Lipinski definition) is 4. The molecule has 0 radical (unpaired) electrons. The standard InChI is InChI=1S/C8H10N4O.H2O4S/c9-8(10)12-11-7(13)6-4-2-1-3-5-6;1-5(2,3)4/h1-5H,(H,11,13)(H4,9,10,12);(H2,1,2,3,4). The Morgan fingerprint density at radius 3 is 2.00 bits per heavy atom. The zero-order valence-electron chi connectivity index (χ0n) is 9.02. The molecule has 0 heterocycles. The van der Waals surface area contributed by atoms with E-state index >= 15 is 0 Å². The molecule has 0 aliphatic heterocycles. The van der Waals surface area contributed by atoms with Crippen LogP contribution < -0.4 is 16.9 Å². The number of rotatable bonds is 2. The van der Waals surface area contributed by atoms with E-state index in [0.29, 0.717) is 5.56 Å². The maximum Gasteiger partial charge on any atom is 0.394 e. The highest BCUT2D eigenvalue weighted by molar-refractivity contribution is 7.79. The van der Waals surface area contributed by atoms with Crippen LogP contribution in [0.4, 0.5) is 0 Å². The smallest absolute Gasteiger partial charge is 0.369 e. The predicted molar refractivity (Wildman–Crippen MR) is 63.9 cm³/mol. The fourth-order valence-electron chi connectivity index (χ4n) is 0.769. The van der Waals surface area contributed by atoms with Crippen LogP contribution in [0.15, 0.2) is 35.4 Å². The summed E-state index contributed by atoms with van der Waals surface area (Å²) in [6, 6.07) is 8.65. The molecule has 1 amide bonds. The molecule has 0 aliphatic rings. The Labute approximate surface area is 103 Å². The summed E-state index contributed by atoms with van der Waals surface area (Å²) < 4.78 is 31.6. The fraction of sp³-hybridized carbons (Fsp3) is 0. The monoisotopic (exact) mass is 276 g/mol. The lowest BCUT2D eigenvalue weighted by atomic mass is 10.2. The Hall–Kier alpha value is -2.17. The van der Waals surface area contributed by atoms with Crippen molar-refractivity contribution in [2.24, 2.45) is 16.6 Å². The van der Waals surface area contributed by atoms with Crippen LogP contribution in [0.1, 0.15) is 10.4 Å². The van der Waals surface area contributed by atoms with Gasteiger partial charge in [0.05, 0.1) is 0 Å². The van der Waals surface area contributed by atoms with Crippen molar-refractivity contribution >= 4 is 22.3 Å². The first-order valence-electron chi connectivity index (χ1n) is 4.34. The predicted octanol–water partition coefficient (Wildman–Crippen LogP) is -1.05. The van der Waals surface area contributed by atoms with Crippen LogP contribution in [0.2, 0.25) is 0 Å². The van der Waals surface area contributed by atoms with Gasteiger partial charge in [0, 0.05) is 5.56 Å². The molecule has 1 aromatic carbocycles. The SMILES string of the molecule is NC(N)=NNC(=O)c1ccccc1.O=S(=O)(O)O. The number of guanidine groups is 1. The zero-order chi connectivity index (χ0) is 14.2. The summed E-state index contributed by atoms with van der Waals surface area (Å²) in [5, 5.41) is 3.37. The maximum absolute atomic E-state index is 11.2. The van der Waals surface area contributed by atoms with Crippen molar-refractivity contribution in [1.29, 1.82) is 0 Å². The number of nitrogens with two attached hydrogens (primary N) is 2. The number of amides is 1. The minimum absolute atomic E-state index is 0.177. The molecule has 0 spiro atoms. The van der Waals surface area contributed by atoms with Crippen LogP contribution in [-0.4, -0.2) is 29.4 Å². The minimum atomic E-state index is -4.67. The molecule has 9 nitrogen and oxygen atoms in total. The van der Waals surface area contributed by atoms with Crippen LogP contribution in [0.5, 0.6) is 0 Å². The summed E-state index contributed by atoms with van der Waals surface area (Å²) in [6.45, 7) is 0. The summed E-state index contributed by atoms with van der Waals surface area (Å²) in [5.41, 5.74) is 12.8. The lowest BCUT2D eigenvalue weighted by Gasteiger charge is -1.98. The molecule has 7 N–H and O–H groups in total. The quantitative estimate of drug-likeness (QED) is 0.199. The van der Waals surface area contributed by atoms with Gasteiger partial charge in [0.1, 0.15) is 0 Å². The van der Waals surface area contributed by atoms with E-state index in [-0.39, 0.29) is 11.9 Å². The van der Waals surface area contributed by atoms with Crippen LogP contribution in [0, 0.1) is 0 Å². The van der Waals surface area contributed by atoms with Gasteiger partial charge in [0.15, 0.2) is 0 Å². The van der Waals surface area contributed by atoms with Crippen molar-refractivity contribution in [3.05, 3.63) is 35.9 Å². The molecular formula is C8H12N4O5S. The summed E-state index contributed by atoms with van der Waals surface area (Å²) in [7, 11) is -4.67. The van der Waals surface area contributed by atoms with Gasteiger partial charge in [-0.15, -0.1) is 5.10 Å². The number of hydrogen-bond donors (Lipinski definition) is 5. The Bertz CT molecular complexity index is 502. The first-order valence-corrected chi connectivity index (χ1v) is 5.73. The molecule has 10 heteroatoms. The second kappa shape index (κ2) is 7.21. The fourth-order valence-corrected chi connectivity index (χ4v) is 0.769. The van der Waals surface area contributed by atoms with Gasteiger partial charge in [0.2, 0.25) is 5.96 Å². The van der Waals surface area contributed by atoms with Crippen molar-refractivity contribution in [2.45, 2.75) is 0 Å². The normalized spacial score (nSPS) is 9.67. The van der Waals surface area contributed by atoms with Crippen molar-refractivity contribution in [3.63, 3.8) is 0 Å². The van der Waals surface area contributed by atoms with Gasteiger partial charge < -0.3 is 11.5 Å². The summed E-state index contributed by atoms with van der Waals surface area (Å²) in [4.78, 5) is 11.2. The van der Waals surface area contributed by atoms with Crippen LogP contribution in [0.3, 0.4) is 0 Å². The van der Waals surface area contributed by atoms with Crippen molar-refractivity contribution in [3.8, 4) is 0 Å². The molecule has 0 unspecified atom stereocenters. The number of carbonyl (C=O) groups excluding carboxylic acids is 1. The third kappa shape index (κ3) is 10.4. The maximum atomic E-state index is 11.2. The van der Waals surface area contributed by atoms with E-state index in [9.17, 15) is 4.79 Å². The van der Waals surface area contributed by atoms with Crippen molar-refractivity contribution < 1.29 is 22.3 Å². The first-order chi connectivity index (χ1) is 8.20. The van der Waals surface area contributed by atoms with Gasteiger partial charge in [-0.2, -0.15) is 8.42 Å². The molecule has 18 heavy (non-hydrogen) atoms. The molecule has 0 bridgehead atoms. The largest absolute Gasteiger partial charge is 0.394 e. The highest BCUT2D eigenvalue weighted by Gasteiger charge is 2.01. The Kier molecular flexibility index (Phi) is 6.34. The topological polar surface area (TPSA) is 168 Å². The average molecular weight is 276 g/mol. The molecule has 0 saturated carbocycles. The van der Waals surface area contributed by atoms with E-state index in [1.807, 2.05) is 6.07 Å². The Morgan fingerprint density at radius 2 is 1.61 bits per heavy atom. The molecule has 1 aromatic rings. The van der Waals surface area contributed by atoms with E-state index in [4.69, 9.17) is 29.0 Å². The second-order valence-corrected chi connectivity index (χ2v) is 3.69. The summed E-state index contributed by atoms with van der Waals surface area (Å²) in [5.74, 6) is -0.515. The van der Waals surface area contributed by atoms with Gasteiger partial charge >= 0.3 is 10.4 Å². The second-order valence-electron chi connectivity index (χ2n) is 2.79. The molecule has 0 fully saturated rings. The molecule has 0 atom stereocenters. The molecule has 0 aromatic heterocycles. The number of benzene rings is 1. The third-order valence-corrected chi connectivity index (χ3v) is 1.32. The van der Waals surface area contributed by atoms with Gasteiger partial charge in [-0.1, -0.05) is 18.2 Å². The van der Waals surface area contributed by atoms with Crippen molar-refractivity contribution in [1.82, 2.24) is 5.43 Å². The van der Waals surface area contributed by atoms with Gasteiger partial charge in [-0.25, -0.2) is 5.43 Å². The highest BCUT2D eigenvalue weighted by atomic mass is 32.3. The number of hydrazone groups is 1. The van der Waals surface area contributed by atoms with E-state index in [0.717, 1.165) is 0 Å². The summed E-state index contributed by atoms with van der Waals surface area (Å²) in [6.07, 6.45) is 0. The van der Waals surface area contributed by atoms with E-state index < -0.39 is 10.4 Å². The van der Waals surface area contributed by atoms with Crippen LogP contribution in [0.25, 0.3) is 0 Å². The van der Waals surface area contributed by atoms with Crippen LogP contribution >= 0.6 is 0 Å². The lowest BCUT2D eigenvalue weighted by Crippen LogP contribution is -2.28. The molecular weight excluding hydrogens is 264 g/mol.